The minimum Gasteiger partial charge on any atom is -0.185 e. The first kappa shape index (κ1) is 11.3. The fraction of sp³-hybridized carbons (Fsp3) is 1.00. The lowest BCUT2D eigenvalue weighted by Gasteiger charge is -2.24. The Bertz CT molecular complexity index is 117. The van der Waals surface area contributed by atoms with Crippen molar-refractivity contribution in [1.29, 1.82) is 0 Å². The topological polar surface area (TPSA) is 0 Å². The molecule has 0 fully saturated rings. The summed E-state index contributed by atoms with van der Waals surface area (Å²) in [6.07, 6.45) is 0. The van der Waals surface area contributed by atoms with Crippen molar-refractivity contribution in [1.82, 2.24) is 0 Å². The fourth-order valence-corrected chi connectivity index (χ4v) is 0.619. The van der Waals surface area contributed by atoms with Crippen molar-refractivity contribution in [3.63, 3.8) is 0 Å². The minimum absolute atomic E-state index is 1.65. The maximum Gasteiger partial charge on any atom is 0.356 e. The van der Waals surface area contributed by atoms with E-state index in [1.54, 1.807) is 0 Å². The van der Waals surface area contributed by atoms with Crippen LogP contribution in [0.3, 0.4) is 0 Å². The summed E-state index contributed by atoms with van der Waals surface area (Å²) >= 11 is 24.4. The van der Waals surface area contributed by atoms with Crippen molar-refractivity contribution >= 4 is 58.0 Å². The zero-order chi connectivity index (χ0) is 8.58. The second-order valence-electron chi connectivity index (χ2n) is 1.42. The van der Waals surface area contributed by atoms with Crippen molar-refractivity contribution in [2.75, 3.05) is 0 Å². The van der Waals surface area contributed by atoms with Gasteiger partial charge in [-0.1, -0.05) is 23.2 Å². The molecule has 0 nitrogen and oxygen atoms in total. The van der Waals surface area contributed by atoms with Crippen LogP contribution in [-0.2, 0) is 0 Å². The Morgan fingerprint density at radius 3 is 1.30 bits per heavy atom. The van der Waals surface area contributed by atoms with Gasteiger partial charge in [-0.05, 0) is 11.6 Å². The Balaban J connectivity index is 4.40. The third-order valence-electron chi connectivity index (χ3n) is 0.652. The van der Waals surface area contributed by atoms with Crippen LogP contribution >= 0.6 is 58.0 Å². The average Bonchev–Trinajstić information content (AvgIpc) is 1.62. The van der Waals surface area contributed by atoms with E-state index in [-0.39, 0.29) is 0 Å². The van der Waals surface area contributed by atoms with Crippen LogP contribution in [-0.4, -0.2) is 14.6 Å². The van der Waals surface area contributed by atoms with Crippen LogP contribution in [0.1, 0.15) is 0 Å². The summed E-state index contributed by atoms with van der Waals surface area (Å²) in [5.41, 5.74) is 0. The van der Waals surface area contributed by atoms with E-state index in [0.717, 1.165) is 0 Å². The van der Waals surface area contributed by atoms with Crippen molar-refractivity contribution in [3.05, 3.63) is 0 Å². The molecule has 0 aliphatic carbocycles. The zero-order valence-corrected chi connectivity index (χ0v) is 8.00. The van der Waals surface area contributed by atoms with Crippen molar-refractivity contribution in [3.8, 4) is 0 Å². The third-order valence-corrected chi connectivity index (χ3v) is 3.16. The highest BCUT2D eigenvalue weighted by Crippen LogP contribution is 2.47. The van der Waals surface area contributed by atoms with Gasteiger partial charge in [-0.15, -0.1) is 23.2 Å². The van der Waals surface area contributed by atoms with Crippen LogP contribution < -0.4 is 0 Å². The highest BCUT2D eigenvalue weighted by molar-refractivity contribution is 6.62. The van der Waals surface area contributed by atoms with Crippen LogP contribution in [0.15, 0.2) is 0 Å². The second kappa shape index (κ2) is 3.36. The quantitative estimate of drug-likeness (QED) is 0.656. The lowest BCUT2D eigenvalue weighted by Crippen LogP contribution is -2.38. The predicted molar refractivity (Wildman–Crippen MR) is 40.7 cm³/mol. The first-order chi connectivity index (χ1) is 4.19. The maximum absolute atomic E-state index is 12.1. The fourth-order valence-electron chi connectivity index (χ4n) is 0.124. The smallest absolute Gasteiger partial charge is 0.185 e. The van der Waals surface area contributed by atoms with Gasteiger partial charge in [0.2, 0.25) is 4.33 Å². The van der Waals surface area contributed by atoms with E-state index in [0.29, 0.717) is 0 Å². The van der Waals surface area contributed by atoms with Crippen molar-refractivity contribution < 1.29 is 8.78 Å². The van der Waals surface area contributed by atoms with E-state index < -0.39 is 14.6 Å². The van der Waals surface area contributed by atoms with E-state index in [1.807, 2.05) is 0 Å². The molecule has 0 aromatic heterocycles. The molecule has 0 aromatic carbocycles. The Morgan fingerprint density at radius 2 is 1.30 bits per heavy atom. The molecule has 7 heteroatoms. The Labute approximate surface area is 81.3 Å². The molecular formula is C3HCl5F2. The highest BCUT2D eigenvalue weighted by Gasteiger charge is 2.54. The predicted octanol–water partition coefficient (Wildman–Crippen LogP) is 3.80. The molecule has 0 spiro atoms. The van der Waals surface area contributed by atoms with Gasteiger partial charge in [-0.3, -0.25) is 0 Å². The van der Waals surface area contributed by atoms with Crippen molar-refractivity contribution in [2.45, 2.75) is 14.6 Å². The van der Waals surface area contributed by atoms with Gasteiger partial charge in [0.15, 0.2) is 0 Å². The molecule has 10 heavy (non-hydrogen) atoms. The lowest BCUT2D eigenvalue weighted by atomic mass is 10.5. The summed E-state index contributed by atoms with van der Waals surface area (Å²) in [7, 11) is 0. The van der Waals surface area contributed by atoms with Gasteiger partial charge in [0.1, 0.15) is 4.84 Å². The Hall–Kier alpha value is 1.31. The molecule has 0 aliphatic rings. The monoisotopic (exact) mass is 250 g/mol. The van der Waals surface area contributed by atoms with Gasteiger partial charge >= 0.3 is 5.38 Å². The van der Waals surface area contributed by atoms with E-state index in [9.17, 15) is 8.78 Å². The SMILES string of the molecule is FC(F)(Cl)C(Cl)(Cl)C(Cl)Cl. The van der Waals surface area contributed by atoms with Crippen LogP contribution in [0.2, 0.25) is 0 Å². The molecule has 0 aromatic rings. The van der Waals surface area contributed by atoms with Crippen LogP contribution in [0, 0.1) is 0 Å². The van der Waals surface area contributed by atoms with E-state index in [4.69, 9.17) is 46.4 Å². The number of alkyl halides is 7. The number of rotatable bonds is 2. The normalized spacial score (nSPS) is 14.4. The van der Waals surface area contributed by atoms with Gasteiger partial charge < -0.3 is 0 Å². The Kier molecular flexibility index (Phi) is 3.80. The molecule has 0 saturated heterocycles. The third kappa shape index (κ3) is 2.42. The molecule has 0 amide bonds. The lowest BCUT2D eigenvalue weighted by molar-refractivity contribution is 0.0806. The summed E-state index contributed by atoms with van der Waals surface area (Å²) in [5.74, 6) is 0. The van der Waals surface area contributed by atoms with Gasteiger partial charge in [-0.25, -0.2) is 0 Å². The molecule has 0 saturated carbocycles. The van der Waals surface area contributed by atoms with Crippen molar-refractivity contribution in [2.24, 2.45) is 0 Å². The van der Waals surface area contributed by atoms with Gasteiger partial charge in [0, 0.05) is 0 Å². The molecule has 0 aliphatic heterocycles. The first-order valence-electron chi connectivity index (χ1n) is 1.92. The van der Waals surface area contributed by atoms with Crippen LogP contribution in [0.5, 0.6) is 0 Å². The summed E-state index contributed by atoms with van der Waals surface area (Å²) in [4.78, 5) is -1.65. The molecule has 0 rings (SSSR count). The molecule has 0 heterocycles. The molecule has 0 bridgehead atoms. The Morgan fingerprint density at radius 1 is 1.00 bits per heavy atom. The standard InChI is InChI=1S/C3HCl5F2/c4-1(5)2(6,7)3(8,9)10/h1H. The summed E-state index contributed by atoms with van der Waals surface area (Å²) in [6.45, 7) is 0. The average molecular weight is 252 g/mol. The summed E-state index contributed by atoms with van der Waals surface area (Å²) in [6, 6.07) is 0. The van der Waals surface area contributed by atoms with Crippen LogP contribution in [0.4, 0.5) is 8.78 Å². The van der Waals surface area contributed by atoms with E-state index >= 15 is 0 Å². The molecule has 0 N–H and O–H groups in total. The zero-order valence-electron chi connectivity index (χ0n) is 4.22. The molecular weight excluding hydrogens is 251 g/mol. The molecule has 62 valence electrons. The number of hydrogen-bond acceptors (Lipinski definition) is 0. The minimum atomic E-state index is -3.84. The van der Waals surface area contributed by atoms with Gasteiger partial charge in [0.25, 0.3) is 0 Å². The summed E-state index contributed by atoms with van der Waals surface area (Å²) in [5, 5.41) is -3.84. The van der Waals surface area contributed by atoms with E-state index in [1.165, 1.54) is 0 Å². The number of hydrogen-bond donors (Lipinski definition) is 0. The van der Waals surface area contributed by atoms with Gasteiger partial charge in [0.05, 0.1) is 0 Å². The number of halogens is 7. The molecule has 0 atom stereocenters. The first-order valence-corrected chi connectivity index (χ1v) is 3.93. The largest absolute Gasteiger partial charge is 0.356 e. The highest BCUT2D eigenvalue weighted by atomic mass is 35.5. The molecule has 0 unspecified atom stereocenters. The van der Waals surface area contributed by atoms with Gasteiger partial charge in [-0.2, -0.15) is 8.78 Å². The summed E-state index contributed by atoms with van der Waals surface area (Å²) < 4.78 is 21.5. The van der Waals surface area contributed by atoms with E-state index in [2.05, 4.69) is 11.6 Å². The second-order valence-corrected chi connectivity index (χ2v) is 4.38. The maximum atomic E-state index is 12.1. The van der Waals surface area contributed by atoms with Crippen LogP contribution in [0.25, 0.3) is 0 Å². The molecule has 0 radical (unpaired) electrons.